The summed E-state index contributed by atoms with van der Waals surface area (Å²) in [5.41, 5.74) is 1.92. The minimum atomic E-state index is -0.208. The molecule has 1 amide bonds. The van der Waals surface area contributed by atoms with Gasteiger partial charge in [0, 0.05) is 31.7 Å². The van der Waals surface area contributed by atoms with Gasteiger partial charge in [-0.15, -0.1) is 0 Å². The molecule has 5 rings (SSSR count). The first kappa shape index (κ1) is 22.0. The highest BCUT2D eigenvalue weighted by atomic mass is 16.5. The third-order valence-electron chi connectivity index (χ3n) is 6.97. The second-order valence-electron chi connectivity index (χ2n) is 9.84. The number of carbonyl (C=O) groups is 1. The number of ether oxygens (including phenoxy) is 2. The van der Waals surface area contributed by atoms with E-state index in [1.54, 1.807) is 0 Å². The molecule has 2 fully saturated rings. The lowest BCUT2D eigenvalue weighted by Crippen LogP contribution is -2.46. The number of fused-ring (bicyclic) bond motifs is 1. The third kappa shape index (κ3) is 4.76. The largest absolute Gasteiger partial charge is 0.486 e. The van der Waals surface area contributed by atoms with E-state index < -0.39 is 0 Å². The summed E-state index contributed by atoms with van der Waals surface area (Å²) in [4.78, 5) is 20.2. The first-order chi connectivity index (χ1) is 16.0. The fourth-order valence-corrected chi connectivity index (χ4v) is 5.31. The zero-order chi connectivity index (χ0) is 22.8. The molecule has 2 aliphatic heterocycles. The quantitative estimate of drug-likeness (QED) is 0.553. The van der Waals surface area contributed by atoms with Crippen LogP contribution in [0.3, 0.4) is 0 Å². The number of nitrogens with zero attached hydrogens (tertiary/aromatic N) is 3. The predicted molar refractivity (Wildman–Crippen MR) is 128 cm³/mol. The Bertz CT molecular complexity index is 1100. The number of carbonyl (C=O) groups excluding carboxylic acids is 1. The molecule has 33 heavy (non-hydrogen) atoms. The first-order valence-corrected chi connectivity index (χ1v) is 12.1. The minimum absolute atomic E-state index is 0.0780. The Hall–Kier alpha value is -2.86. The average molecular weight is 448 g/mol. The van der Waals surface area contributed by atoms with Gasteiger partial charge in [0.25, 0.3) is 0 Å². The van der Waals surface area contributed by atoms with Crippen molar-refractivity contribution in [2.75, 3.05) is 19.7 Å². The van der Waals surface area contributed by atoms with Crippen molar-refractivity contribution >= 4 is 16.9 Å². The van der Waals surface area contributed by atoms with E-state index in [0.717, 1.165) is 61.4 Å². The van der Waals surface area contributed by atoms with Crippen molar-refractivity contribution in [1.82, 2.24) is 14.5 Å². The van der Waals surface area contributed by atoms with E-state index in [1.165, 1.54) is 0 Å². The van der Waals surface area contributed by atoms with Crippen molar-refractivity contribution in [3.63, 3.8) is 0 Å². The molecular weight excluding hydrogens is 414 g/mol. The number of aromatic nitrogens is 2. The molecule has 6 heteroatoms. The Kier molecular flexibility index (Phi) is 6.11. The monoisotopic (exact) mass is 447 g/mol. The molecule has 0 saturated carbocycles. The zero-order valence-corrected chi connectivity index (χ0v) is 19.6. The molecule has 6 nitrogen and oxygen atoms in total. The summed E-state index contributed by atoms with van der Waals surface area (Å²) >= 11 is 0. The van der Waals surface area contributed by atoms with Crippen molar-refractivity contribution < 1.29 is 14.3 Å². The van der Waals surface area contributed by atoms with Gasteiger partial charge >= 0.3 is 0 Å². The third-order valence-corrected chi connectivity index (χ3v) is 6.97. The second kappa shape index (κ2) is 9.18. The van der Waals surface area contributed by atoms with Crippen LogP contribution in [0.1, 0.15) is 51.4 Å². The fraction of sp³-hybridized carbons (Fsp3) is 0.481. The summed E-state index contributed by atoms with van der Waals surface area (Å²) in [7, 11) is 0. The number of hydrogen-bond donors (Lipinski definition) is 0. The van der Waals surface area contributed by atoms with Crippen LogP contribution in [0.5, 0.6) is 5.75 Å². The molecule has 1 unspecified atom stereocenters. The van der Waals surface area contributed by atoms with E-state index >= 15 is 0 Å². The number of amides is 1. The molecule has 3 aromatic rings. The summed E-state index contributed by atoms with van der Waals surface area (Å²) in [6.07, 6.45) is 3.49. The van der Waals surface area contributed by atoms with Crippen molar-refractivity contribution in [2.24, 2.45) is 5.92 Å². The van der Waals surface area contributed by atoms with Crippen LogP contribution in [0.25, 0.3) is 11.0 Å². The van der Waals surface area contributed by atoms with Crippen molar-refractivity contribution in [2.45, 2.75) is 57.8 Å². The summed E-state index contributed by atoms with van der Waals surface area (Å²) < 4.78 is 14.2. The van der Waals surface area contributed by atoms with Gasteiger partial charge in [0.1, 0.15) is 18.2 Å². The number of rotatable bonds is 5. The van der Waals surface area contributed by atoms with Crippen LogP contribution in [0.4, 0.5) is 0 Å². The molecule has 174 valence electrons. The number of likely N-dealkylation sites (tertiary alicyclic amines) is 1. The van der Waals surface area contributed by atoms with Crippen LogP contribution >= 0.6 is 0 Å². The smallest absolute Gasteiger partial charge is 0.225 e. The zero-order valence-electron chi connectivity index (χ0n) is 19.6. The van der Waals surface area contributed by atoms with E-state index in [2.05, 4.69) is 41.5 Å². The molecule has 1 atom stereocenters. The summed E-state index contributed by atoms with van der Waals surface area (Å²) in [5.74, 6) is 2.16. The topological polar surface area (TPSA) is 56.6 Å². The van der Waals surface area contributed by atoms with Crippen molar-refractivity contribution in [3.05, 3.63) is 60.4 Å². The number of benzene rings is 2. The highest BCUT2D eigenvalue weighted by molar-refractivity contribution is 5.79. The van der Waals surface area contributed by atoms with Crippen LogP contribution in [-0.2, 0) is 16.1 Å². The van der Waals surface area contributed by atoms with Crippen LogP contribution in [0.15, 0.2) is 54.6 Å². The van der Waals surface area contributed by atoms with E-state index in [1.807, 2.05) is 36.4 Å². The first-order valence-electron chi connectivity index (χ1n) is 12.1. The Labute approximate surface area is 195 Å². The summed E-state index contributed by atoms with van der Waals surface area (Å²) in [6.45, 7) is 6.84. The number of piperidine rings is 1. The standard InChI is InChI=1S/C27H33N3O3/c1-27(2)18-20(14-17-33-27)26(31)29-15-12-21(13-16-29)30-24-11-7-6-10-23(24)28-25(30)19-32-22-8-4-3-5-9-22/h3-11,20-21H,12-19H2,1-2H3. The van der Waals surface area contributed by atoms with Crippen LogP contribution in [0, 0.1) is 5.92 Å². The molecule has 0 radical (unpaired) electrons. The Morgan fingerprint density at radius 1 is 1.06 bits per heavy atom. The molecular formula is C27H33N3O3. The van der Waals surface area contributed by atoms with Gasteiger partial charge in [-0.1, -0.05) is 30.3 Å². The van der Waals surface area contributed by atoms with Gasteiger partial charge in [0.2, 0.25) is 5.91 Å². The lowest BCUT2D eigenvalue weighted by atomic mass is 9.87. The van der Waals surface area contributed by atoms with Crippen LogP contribution in [0.2, 0.25) is 0 Å². The fourth-order valence-electron chi connectivity index (χ4n) is 5.31. The molecule has 0 bridgehead atoms. The molecule has 2 saturated heterocycles. The van der Waals surface area contributed by atoms with Gasteiger partial charge in [-0.25, -0.2) is 4.98 Å². The summed E-state index contributed by atoms with van der Waals surface area (Å²) in [6, 6.07) is 18.5. The van der Waals surface area contributed by atoms with Crippen molar-refractivity contribution in [3.8, 4) is 5.75 Å². The van der Waals surface area contributed by atoms with Gasteiger partial charge in [0.05, 0.1) is 16.6 Å². The number of hydrogen-bond acceptors (Lipinski definition) is 4. The Morgan fingerprint density at radius 2 is 1.79 bits per heavy atom. The van der Waals surface area contributed by atoms with Gasteiger partial charge in [-0.3, -0.25) is 4.79 Å². The van der Waals surface area contributed by atoms with Crippen LogP contribution < -0.4 is 4.74 Å². The molecule has 0 N–H and O–H groups in total. The maximum atomic E-state index is 13.2. The minimum Gasteiger partial charge on any atom is -0.486 e. The van der Waals surface area contributed by atoms with E-state index in [0.29, 0.717) is 25.2 Å². The van der Waals surface area contributed by atoms with E-state index in [9.17, 15) is 4.79 Å². The number of imidazole rings is 1. The second-order valence-corrected chi connectivity index (χ2v) is 9.84. The summed E-state index contributed by atoms with van der Waals surface area (Å²) in [5, 5.41) is 0. The van der Waals surface area contributed by atoms with Gasteiger partial charge < -0.3 is 18.9 Å². The molecule has 3 heterocycles. The molecule has 1 aromatic heterocycles. The van der Waals surface area contributed by atoms with E-state index in [-0.39, 0.29) is 11.5 Å². The maximum absolute atomic E-state index is 13.2. The lowest BCUT2D eigenvalue weighted by Gasteiger charge is -2.39. The average Bonchev–Trinajstić information content (AvgIpc) is 3.21. The van der Waals surface area contributed by atoms with E-state index in [4.69, 9.17) is 14.5 Å². The van der Waals surface area contributed by atoms with Crippen molar-refractivity contribution in [1.29, 1.82) is 0 Å². The molecule has 0 aliphatic carbocycles. The molecule has 2 aromatic carbocycles. The molecule has 2 aliphatic rings. The normalized spacial score (nSPS) is 21.3. The predicted octanol–water partition coefficient (Wildman–Crippen LogP) is 4.98. The van der Waals surface area contributed by atoms with Crippen LogP contribution in [-0.4, -0.2) is 45.7 Å². The maximum Gasteiger partial charge on any atom is 0.225 e. The lowest BCUT2D eigenvalue weighted by molar-refractivity contribution is -0.146. The Morgan fingerprint density at radius 3 is 2.55 bits per heavy atom. The van der Waals surface area contributed by atoms with Gasteiger partial charge in [0.15, 0.2) is 0 Å². The Balaban J connectivity index is 1.30. The highest BCUT2D eigenvalue weighted by Gasteiger charge is 2.36. The SMILES string of the molecule is CC1(C)CC(C(=O)N2CCC(n3c(COc4ccccc4)nc4ccccc43)CC2)CCO1. The molecule has 0 spiro atoms. The number of para-hydroxylation sites is 3. The van der Waals surface area contributed by atoms with Gasteiger partial charge in [-0.05, 0) is 63.8 Å². The highest BCUT2D eigenvalue weighted by Crippen LogP contribution is 2.33. The van der Waals surface area contributed by atoms with Gasteiger partial charge in [-0.2, -0.15) is 0 Å².